The molecular formula is C26H29NO3. The first-order chi connectivity index (χ1) is 14.6. The van der Waals surface area contributed by atoms with Gasteiger partial charge in [0.1, 0.15) is 12.4 Å². The predicted octanol–water partition coefficient (Wildman–Crippen LogP) is 5.26. The molecule has 156 valence electrons. The third-order valence-corrected chi connectivity index (χ3v) is 7.11. The number of benzene rings is 2. The summed E-state index contributed by atoms with van der Waals surface area (Å²) >= 11 is 0. The molecule has 1 heterocycles. The molecule has 4 nitrogen and oxygen atoms in total. The van der Waals surface area contributed by atoms with Gasteiger partial charge in [-0.05, 0) is 73.1 Å². The number of nitrogens with one attached hydrogen (secondary N) is 1. The number of methoxy groups -OCH3 is 1. The minimum Gasteiger partial charge on any atom is -0.496 e. The topological polar surface area (TPSA) is 47.6 Å². The number of carbonyl (C=O) groups is 1. The first-order valence-corrected chi connectivity index (χ1v) is 11.0. The fourth-order valence-electron chi connectivity index (χ4n) is 5.41. The number of allylic oxidation sites excluding steroid dienone is 1. The van der Waals surface area contributed by atoms with Gasteiger partial charge in [-0.1, -0.05) is 48.6 Å². The largest absolute Gasteiger partial charge is 0.496 e. The van der Waals surface area contributed by atoms with Crippen molar-refractivity contribution in [3.8, 4) is 5.75 Å². The molecule has 2 aromatic carbocycles. The number of alkyl carbamates (subject to hydrolysis) is 1. The number of hydrogen-bond donors (Lipinski definition) is 1. The molecule has 30 heavy (non-hydrogen) atoms. The molecule has 1 unspecified atom stereocenters. The lowest BCUT2D eigenvalue weighted by molar-refractivity contribution is 0.172. The van der Waals surface area contributed by atoms with Crippen LogP contribution in [0.2, 0.25) is 0 Å². The van der Waals surface area contributed by atoms with Crippen LogP contribution in [0.4, 0.5) is 4.79 Å². The Bertz CT molecular complexity index is 982. The number of fused-ring (bicyclic) bond motifs is 1. The predicted molar refractivity (Wildman–Crippen MR) is 118 cm³/mol. The third kappa shape index (κ3) is 3.71. The molecule has 1 amide bonds. The van der Waals surface area contributed by atoms with Gasteiger partial charge in [-0.3, -0.25) is 0 Å². The number of amides is 1. The highest BCUT2D eigenvalue weighted by Gasteiger charge is 2.46. The van der Waals surface area contributed by atoms with E-state index in [-0.39, 0.29) is 11.6 Å². The maximum atomic E-state index is 11.5. The summed E-state index contributed by atoms with van der Waals surface area (Å²) in [5.41, 5.74) is 5.41. The Kier molecular flexibility index (Phi) is 5.01. The maximum Gasteiger partial charge on any atom is 0.407 e. The molecule has 1 saturated carbocycles. The average molecular weight is 404 g/mol. The second-order valence-corrected chi connectivity index (χ2v) is 9.05. The van der Waals surface area contributed by atoms with Gasteiger partial charge in [0.05, 0.1) is 12.6 Å². The van der Waals surface area contributed by atoms with Crippen molar-refractivity contribution in [3.63, 3.8) is 0 Å². The van der Waals surface area contributed by atoms with Crippen LogP contribution in [0.15, 0.2) is 48.5 Å². The Labute approximate surface area is 178 Å². The van der Waals surface area contributed by atoms with E-state index in [1.165, 1.54) is 23.1 Å². The summed E-state index contributed by atoms with van der Waals surface area (Å²) < 4.78 is 10.6. The number of hydrogen-bond acceptors (Lipinski definition) is 3. The first-order valence-electron chi connectivity index (χ1n) is 11.0. The number of para-hydroxylation sites is 1. The lowest BCUT2D eigenvalue weighted by Gasteiger charge is -2.24. The molecule has 3 atom stereocenters. The van der Waals surface area contributed by atoms with Crippen LogP contribution in [0.1, 0.15) is 53.9 Å². The van der Waals surface area contributed by atoms with Gasteiger partial charge in [-0.25, -0.2) is 4.79 Å². The highest BCUT2D eigenvalue weighted by atomic mass is 16.6. The zero-order valence-electron chi connectivity index (χ0n) is 17.5. The van der Waals surface area contributed by atoms with Gasteiger partial charge in [-0.2, -0.15) is 0 Å². The van der Waals surface area contributed by atoms with Crippen molar-refractivity contribution in [2.75, 3.05) is 13.7 Å². The van der Waals surface area contributed by atoms with Gasteiger partial charge in [-0.15, -0.1) is 0 Å². The molecule has 1 N–H and O–H groups in total. The lowest BCUT2D eigenvalue weighted by atomic mass is 9.81. The average Bonchev–Trinajstić information content (AvgIpc) is 3.37. The summed E-state index contributed by atoms with van der Waals surface area (Å²) in [6, 6.07) is 15.2. The quantitative estimate of drug-likeness (QED) is 0.757. The number of cyclic esters (lactones) is 1. The molecule has 2 aromatic rings. The molecule has 3 aliphatic rings. The standard InChI is InChI=1S/C26H29NO3/c1-29-24-5-3-2-4-19(24)8-6-18-7-9-21-15-22(11-10-20(21)14-18)23-12-13-26(16-23)17-30-25(28)27-26/h2-6,8,10-11,15,18,23H,7,9,12-14,16-17H2,1H3,(H,27,28)/b8-6+/t18?,23-,26+/m0/s1. The Morgan fingerprint density at radius 1 is 1.17 bits per heavy atom. The Balaban J connectivity index is 1.26. The van der Waals surface area contributed by atoms with Crippen molar-refractivity contribution in [2.45, 2.75) is 50.0 Å². The fraction of sp³-hybridized carbons (Fsp3) is 0.423. The minimum atomic E-state index is -0.256. The number of rotatable bonds is 4. The molecule has 2 fully saturated rings. The van der Waals surface area contributed by atoms with Crippen molar-refractivity contribution in [2.24, 2.45) is 5.92 Å². The minimum absolute atomic E-state index is 0.133. The summed E-state index contributed by atoms with van der Waals surface area (Å²) in [5, 5.41) is 3.06. The van der Waals surface area contributed by atoms with E-state index in [2.05, 4.69) is 47.8 Å². The van der Waals surface area contributed by atoms with Gasteiger partial charge in [0.2, 0.25) is 0 Å². The molecule has 0 bridgehead atoms. The zero-order chi connectivity index (χ0) is 20.6. The first kappa shape index (κ1) is 19.2. The molecule has 0 radical (unpaired) electrons. The van der Waals surface area contributed by atoms with Crippen LogP contribution in [0, 0.1) is 5.92 Å². The summed E-state index contributed by atoms with van der Waals surface area (Å²) in [6.45, 7) is 0.521. The van der Waals surface area contributed by atoms with Gasteiger partial charge in [0.15, 0.2) is 0 Å². The SMILES string of the molecule is COc1ccccc1/C=C/C1CCc2cc([C@H]3CC[C@]4(COC(=O)N4)C3)ccc2C1. The Morgan fingerprint density at radius 3 is 2.90 bits per heavy atom. The summed E-state index contributed by atoms with van der Waals surface area (Å²) in [7, 11) is 1.72. The zero-order valence-corrected chi connectivity index (χ0v) is 17.5. The molecule has 2 aliphatic carbocycles. The molecule has 5 rings (SSSR count). The van der Waals surface area contributed by atoms with E-state index in [1.807, 2.05) is 12.1 Å². The van der Waals surface area contributed by atoms with E-state index in [0.29, 0.717) is 18.4 Å². The van der Waals surface area contributed by atoms with Gasteiger partial charge >= 0.3 is 6.09 Å². The second kappa shape index (κ2) is 7.82. The fourth-order valence-corrected chi connectivity index (χ4v) is 5.41. The van der Waals surface area contributed by atoms with Crippen molar-refractivity contribution in [1.82, 2.24) is 5.32 Å². The number of aryl methyl sites for hydroxylation is 1. The molecule has 1 spiro atoms. The van der Waals surface area contributed by atoms with Crippen LogP contribution in [0.5, 0.6) is 5.75 Å². The highest BCUT2D eigenvalue weighted by Crippen LogP contribution is 2.43. The highest BCUT2D eigenvalue weighted by molar-refractivity contribution is 5.71. The van der Waals surface area contributed by atoms with E-state index < -0.39 is 0 Å². The molecule has 1 saturated heterocycles. The van der Waals surface area contributed by atoms with Crippen LogP contribution in [-0.4, -0.2) is 25.3 Å². The molecular weight excluding hydrogens is 374 g/mol. The van der Waals surface area contributed by atoms with E-state index in [1.54, 1.807) is 7.11 Å². The van der Waals surface area contributed by atoms with Crippen molar-refractivity contribution < 1.29 is 14.3 Å². The molecule has 4 heteroatoms. The van der Waals surface area contributed by atoms with E-state index in [4.69, 9.17) is 9.47 Å². The Morgan fingerprint density at radius 2 is 2.07 bits per heavy atom. The maximum absolute atomic E-state index is 11.5. The number of ether oxygens (including phenoxy) is 2. The van der Waals surface area contributed by atoms with Gasteiger partial charge in [0, 0.05) is 5.56 Å². The van der Waals surface area contributed by atoms with E-state index in [9.17, 15) is 4.79 Å². The summed E-state index contributed by atoms with van der Waals surface area (Å²) in [5.74, 6) is 2.00. The normalized spacial score (nSPS) is 27.8. The second-order valence-electron chi connectivity index (χ2n) is 9.05. The Hall–Kier alpha value is -2.75. The monoisotopic (exact) mass is 403 g/mol. The summed E-state index contributed by atoms with van der Waals surface area (Å²) in [6.07, 6.45) is 10.8. The smallest absolute Gasteiger partial charge is 0.407 e. The lowest BCUT2D eigenvalue weighted by Crippen LogP contribution is -2.40. The third-order valence-electron chi connectivity index (χ3n) is 7.11. The van der Waals surface area contributed by atoms with Crippen LogP contribution in [0.25, 0.3) is 6.08 Å². The van der Waals surface area contributed by atoms with Crippen molar-refractivity contribution in [3.05, 3.63) is 70.8 Å². The van der Waals surface area contributed by atoms with Crippen LogP contribution >= 0.6 is 0 Å². The van der Waals surface area contributed by atoms with Gasteiger partial charge < -0.3 is 14.8 Å². The van der Waals surface area contributed by atoms with E-state index >= 15 is 0 Å². The van der Waals surface area contributed by atoms with Gasteiger partial charge in [0.25, 0.3) is 0 Å². The molecule has 1 aliphatic heterocycles. The number of carbonyl (C=O) groups excluding carboxylic acids is 1. The van der Waals surface area contributed by atoms with Crippen molar-refractivity contribution in [1.29, 1.82) is 0 Å². The molecule has 0 aromatic heterocycles. The van der Waals surface area contributed by atoms with Crippen LogP contribution in [-0.2, 0) is 17.6 Å². The van der Waals surface area contributed by atoms with Crippen LogP contribution < -0.4 is 10.1 Å². The summed E-state index contributed by atoms with van der Waals surface area (Å²) in [4.78, 5) is 11.5. The van der Waals surface area contributed by atoms with Crippen LogP contribution in [0.3, 0.4) is 0 Å². The van der Waals surface area contributed by atoms with E-state index in [0.717, 1.165) is 43.4 Å². The van der Waals surface area contributed by atoms with Crippen molar-refractivity contribution >= 4 is 12.2 Å².